The van der Waals surface area contributed by atoms with E-state index in [-0.39, 0.29) is 5.69 Å². The smallest absolute Gasteiger partial charge is 0.356 e. The van der Waals surface area contributed by atoms with Crippen molar-refractivity contribution in [3.05, 3.63) is 24.0 Å². The van der Waals surface area contributed by atoms with Crippen molar-refractivity contribution in [1.82, 2.24) is 4.98 Å². The molecule has 1 saturated heterocycles. The van der Waals surface area contributed by atoms with Gasteiger partial charge in [0.1, 0.15) is 5.69 Å². The predicted molar refractivity (Wildman–Crippen MR) is 73.8 cm³/mol. The molecule has 0 bridgehead atoms. The molecule has 1 N–H and O–H groups in total. The van der Waals surface area contributed by atoms with Crippen LogP contribution in [0.1, 0.15) is 23.3 Å². The third kappa shape index (κ3) is 3.46. The third-order valence-corrected chi connectivity index (χ3v) is 3.53. The van der Waals surface area contributed by atoms with Gasteiger partial charge in [-0.2, -0.15) is 0 Å². The van der Waals surface area contributed by atoms with Crippen LogP contribution < -0.4 is 4.90 Å². The van der Waals surface area contributed by atoms with Gasteiger partial charge in [0.15, 0.2) is 0 Å². The molecule has 110 valence electrons. The largest absolute Gasteiger partial charge is 0.464 e. The fourth-order valence-corrected chi connectivity index (χ4v) is 2.32. The van der Waals surface area contributed by atoms with Crippen LogP contribution in [0.3, 0.4) is 0 Å². The zero-order valence-corrected chi connectivity index (χ0v) is 11.8. The molecular formula is C14H20N2O4. The molecule has 0 atom stereocenters. The molecule has 0 aliphatic carbocycles. The normalized spacial score (nSPS) is 17.6. The van der Waals surface area contributed by atoms with Crippen molar-refractivity contribution < 1.29 is 19.4 Å². The summed E-state index contributed by atoms with van der Waals surface area (Å²) in [5, 5.41) is 10.5. The number of nitrogens with zero attached hydrogens (tertiary/aromatic N) is 2. The van der Waals surface area contributed by atoms with Crippen molar-refractivity contribution in [1.29, 1.82) is 0 Å². The number of anilines is 1. The van der Waals surface area contributed by atoms with Gasteiger partial charge in [-0.25, -0.2) is 9.78 Å². The number of hydrogen-bond acceptors (Lipinski definition) is 6. The number of hydrogen-bond donors (Lipinski definition) is 1. The monoisotopic (exact) mass is 280 g/mol. The van der Waals surface area contributed by atoms with Crippen LogP contribution in [0.5, 0.6) is 0 Å². The molecule has 1 fully saturated rings. The van der Waals surface area contributed by atoms with Crippen LogP contribution in [0.4, 0.5) is 5.69 Å². The molecule has 0 radical (unpaired) electrons. The van der Waals surface area contributed by atoms with Gasteiger partial charge < -0.3 is 19.5 Å². The molecule has 1 aliphatic heterocycles. The second-order valence-electron chi connectivity index (χ2n) is 5.08. The molecule has 20 heavy (non-hydrogen) atoms. The maximum absolute atomic E-state index is 11.5. The van der Waals surface area contributed by atoms with Gasteiger partial charge in [-0.3, -0.25) is 0 Å². The topological polar surface area (TPSA) is 71.9 Å². The highest BCUT2D eigenvalue weighted by atomic mass is 16.5. The second kappa shape index (κ2) is 6.19. The number of likely N-dealkylation sites (N-methyl/N-ethyl adjacent to an activating group) is 1. The zero-order valence-electron chi connectivity index (χ0n) is 11.8. The Labute approximate surface area is 118 Å². The lowest BCUT2D eigenvalue weighted by Crippen LogP contribution is -2.45. The molecule has 0 saturated carbocycles. The Kier molecular flexibility index (Phi) is 4.57. The third-order valence-electron chi connectivity index (χ3n) is 3.53. The number of methoxy groups -OCH3 is 1. The standard InChI is InChI=1S/C14H20N2O4/c1-16(10-14(18)4-7-20-8-5-14)11-3-6-15-12(9-11)13(17)19-2/h3,6,9,18H,4-5,7-8,10H2,1-2H3. The quantitative estimate of drug-likeness (QED) is 0.824. The SMILES string of the molecule is COC(=O)c1cc(N(C)CC2(O)CCOCC2)ccn1. The van der Waals surface area contributed by atoms with Gasteiger partial charge in [0.2, 0.25) is 0 Å². The molecule has 0 spiro atoms. The van der Waals surface area contributed by atoms with Gasteiger partial charge in [0.05, 0.1) is 12.7 Å². The summed E-state index contributed by atoms with van der Waals surface area (Å²) in [5.74, 6) is -0.468. The fourth-order valence-electron chi connectivity index (χ4n) is 2.32. The lowest BCUT2D eigenvalue weighted by molar-refractivity contribution is -0.0572. The van der Waals surface area contributed by atoms with Gasteiger partial charge in [-0.15, -0.1) is 0 Å². The molecule has 1 aromatic heterocycles. The Bertz CT molecular complexity index is 472. The van der Waals surface area contributed by atoms with E-state index in [0.717, 1.165) is 5.69 Å². The van der Waals surface area contributed by atoms with Crippen LogP contribution >= 0.6 is 0 Å². The summed E-state index contributed by atoms with van der Waals surface area (Å²) >= 11 is 0. The van der Waals surface area contributed by atoms with Crippen molar-refractivity contribution in [3.8, 4) is 0 Å². The van der Waals surface area contributed by atoms with E-state index in [1.807, 2.05) is 11.9 Å². The van der Waals surface area contributed by atoms with Gasteiger partial charge in [0.25, 0.3) is 0 Å². The second-order valence-corrected chi connectivity index (χ2v) is 5.08. The highest BCUT2D eigenvalue weighted by molar-refractivity contribution is 5.88. The summed E-state index contributed by atoms with van der Waals surface area (Å²) in [5.41, 5.74) is 0.331. The molecular weight excluding hydrogens is 260 g/mol. The summed E-state index contributed by atoms with van der Waals surface area (Å²) in [4.78, 5) is 17.4. The summed E-state index contributed by atoms with van der Waals surface area (Å²) in [6, 6.07) is 3.46. The first-order valence-electron chi connectivity index (χ1n) is 6.60. The number of ether oxygens (including phenoxy) is 2. The maximum atomic E-state index is 11.5. The molecule has 0 amide bonds. The number of rotatable bonds is 4. The zero-order chi connectivity index (χ0) is 14.6. The predicted octanol–water partition coefficient (Wildman–Crippen LogP) is 0.846. The lowest BCUT2D eigenvalue weighted by Gasteiger charge is -2.36. The van der Waals surface area contributed by atoms with Crippen LogP contribution in [0.15, 0.2) is 18.3 Å². The Balaban J connectivity index is 2.08. The maximum Gasteiger partial charge on any atom is 0.356 e. The van der Waals surface area contributed by atoms with Crippen molar-refractivity contribution in [2.24, 2.45) is 0 Å². The van der Waals surface area contributed by atoms with Crippen molar-refractivity contribution in [2.75, 3.05) is 38.8 Å². The molecule has 6 heteroatoms. The number of aromatic nitrogens is 1. The number of esters is 1. The Morgan fingerprint density at radius 2 is 2.25 bits per heavy atom. The van der Waals surface area contributed by atoms with Crippen LogP contribution in [-0.4, -0.2) is 55.6 Å². The van der Waals surface area contributed by atoms with Gasteiger partial charge in [0, 0.05) is 51.5 Å². The van der Waals surface area contributed by atoms with Gasteiger partial charge in [-0.05, 0) is 12.1 Å². The van der Waals surface area contributed by atoms with E-state index in [2.05, 4.69) is 9.72 Å². The first-order valence-corrected chi connectivity index (χ1v) is 6.60. The number of aliphatic hydroxyl groups is 1. The minimum absolute atomic E-state index is 0.260. The number of carbonyl (C=O) groups excluding carboxylic acids is 1. The van der Waals surface area contributed by atoms with Gasteiger partial charge >= 0.3 is 5.97 Å². The highest BCUT2D eigenvalue weighted by Gasteiger charge is 2.31. The Morgan fingerprint density at radius 3 is 2.90 bits per heavy atom. The molecule has 1 aliphatic rings. The van der Waals surface area contributed by atoms with Crippen LogP contribution in [0.25, 0.3) is 0 Å². The van der Waals surface area contributed by atoms with Crippen molar-refractivity contribution in [2.45, 2.75) is 18.4 Å². The van der Waals surface area contributed by atoms with E-state index in [1.54, 1.807) is 18.3 Å². The van der Waals surface area contributed by atoms with E-state index >= 15 is 0 Å². The molecule has 2 rings (SSSR count). The van der Waals surface area contributed by atoms with E-state index < -0.39 is 11.6 Å². The Hall–Kier alpha value is -1.66. The minimum Gasteiger partial charge on any atom is -0.464 e. The molecule has 0 aromatic carbocycles. The lowest BCUT2D eigenvalue weighted by atomic mass is 9.94. The number of pyridine rings is 1. The molecule has 0 unspecified atom stereocenters. The first kappa shape index (κ1) is 14.7. The van der Waals surface area contributed by atoms with E-state index in [4.69, 9.17) is 4.74 Å². The van der Waals surface area contributed by atoms with Crippen LogP contribution in [-0.2, 0) is 9.47 Å². The van der Waals surface area contributed by atoms with Crippen molar-refractivity contribution in [3.63, 3.8) is 0 Å². The summed E-state index contributed by atoms with van der Waals surface area (Å²) in [7, 11) is 3.20. The van der Waals surface area contributed by atoms with Crippen LogP contribution in [0.2, 0.25) is 0 Å². The fraction of sp³-hybridized carbons (Fsp3) is 0.571. The van der Waals surface area contributed by atoms with E-state index in [1.165, 1.54) is 7.11 Å². The molecule has 2 heterocycles. The van der Waals surface area contributed by atoms with Crippen molar-refractivity contribution >= 4 is 11.7 Å². The van der Waals surface area contributed by atoms with Crippen LogP contribution in [0, 0.1) is 0 Å². The van der Waals surface area contributed by atoms with E-state index in [9.17, 15) is 9.90 Å². The molecule has 6 nitrogen and oxygen atoms in total. The average Bonchev–Trinajstić information content (AvgIpc) is 2.47. The highest BCUT2D eigenvalue weighted by Crippen LogP contribution is 2.24. The molecule has 1 aromatic rings. The van der Waals surface area contributed by atoms with Gasteiger partial charge in [-0.1, -0.05) is 0 Å². The first-order chi connectivity index (χ1) is 9.54. The number of carbonyl (C=O) groups is 1. The minimum atomic E-state index is -0.748. The van der Waals surface area contributed by atoms with E-state index in [0.29, 0.717) is 32.6 Å². The Morgan fingerprint density at radius 1 is 1.55 bits per heavy atom. The summed E-state index contributed by atoms with van der Waals surface area (Å²) in [6.07, 6.45) is 2.80. The average molecular weight is 280 g/mol. The summed E-state index contributed by atoms with van der Waals surface area (Å²) in [6.45, 7) is 1.64. The summed E-state index contributed by atoms with van der Waals surface area (Å²) < 4.78 is 9.92.